The van der Waals surface area contributed by atoms with Gasteiger partial charge in [0.1, 0.15) is 0 Å². The van der Waals surface area contributed by atoms with Crippen LogP contribution in [0, 0.1) is 17.3 Å². The number of hydrogen-bond donors (Lipinski definition) is 1. The molecule has 2 bridgehead atoms. The lowest BCUT2D eigenvalue weighted by Gasteiger charge is -2.37. The molecule has 0 radical (unpaired) electrons. The monoisotopic (exact) mass is 264 g/mol. The molecule has 19 heavy (non-hydrogen) atoms. The van der Waals surface area contributed by atoms with Crippen LogP contribution in [-0.4, -0.2) is 36.6 Å². The van der Waals surface area contributed by atoms with Crippen LogP contribution in [0.15, 0.2) is 0 Å². The molecule has 2 saturated heterocycles. The molecule has 3 fully saturated rings. The second kappa shape index (κ2) is 5.04. The molecular weight excluding hydrogens is 232 g/mol. The van der Waals surface area contributed by atoms with Crippen molar-refractivity contribution < 1.29 is 0 Å². The van der Waals surface area contributed by atoms with Crippen molar-refractivity contribution in [3.63, 3.8) is 0 Å². The van der Waals surface area contributed by atoms with Crippen LogP contribution in [0.1, 0.15) is 59.3 Å². The first-order valence-corrected chi connectivity index (χ1v) is 8.40. The first kappa shape index (κ1) is 13.9. The van der Waals surface area contributed by atoms with Gasteiger partial charge in [-0.2, -0.15) is 0 Å². The molecule has 4 unspecified atom stereocenters. The average molecular weight is 264 g/mol. The van der Waals surface area contributed by atoms with Crippen molar-refractivity contribution in [2.24, 2.45) is 17.3 Å². The summed E-state index contributed by atoms with van der Waals surface area (Å²) in [6.07, 6.45) is 8.53. The molecule has 0 aromatic rings. The maximum atomic E-state index is 3.92. The van der Waals surface area contributed by atoms with Crippen molar-refractivity contribution >= 4 is 0 Å². The smallest absolute Gasteiger partial charge is 0.00988 e. The largest absolute Gasteiger partial charge is 0.313 e. The summed E-state index contributed by atoms with van der Waals surface area (Å²) in [4.78, 5) is 2.65. The SMILES string of the molecule is CC1CC(C)(C)CC1NCC1CC2CCC(C1)N2C. The van der Waals surface area contributed by atoms with Gasteiger partial charge in [-0.1, -0.05) is 20.8 Å². The van der Waals surface area contributed by atoms with Crippen molar-refractivity contribution in [2.75, 3.05) is 13.6 Å². The van der Waals surface area contributed by atoms with E-state index in [0.29, 0.717) is 5.41 Å². The highest BCUT2D eigenvalue weighted by atomic mass is 15.2. The predicted octanol–water partition coefficient (Wildman–Crippen LogP) is 3.27. The molecule has 1 saturated carbocycles. The molecule has 0 aromatic heterocycles. The zero-order valence-corrected chi connectivity index (χ0v) is 13.3. The molecule has 4 atom stereocenters. The van der Waals surface area contributed by atoms with E-state index in [0.717, 1.165) is 30.0 Å². The lowest BCUT2D eigenvalue weighted by Crippen LogP contribution is -2.44. The summed E-state index contributed by atoms with van der Waals surface area (Å²) in [5.41, 5.74) is 0.558. The van der Waals surface area contributed by atoms with E-state index in [1.807, 2.05) is 0 Å². The quantitative estimate of drug-likeness (QED) is 0.841. The van der Waals surface area contributed by atoms with E-state index in [1.54, 1.807) is 0 Å². The lowest BCUT2D eigenvalue weighted by atomic mass is 9.90. The van der Waals surface area contributed by atoms with Gasteiger partial charge in [0, 0.05) is 18.1 Å². The molecule has 0 amide bonds. The third-order valence-electron chi connectivity index (χ3n) is 6.20. The fourth-order valence-corrected chi connectivity index (χ4v) is 5.18. The van der Waals surface area contributed by atoms with Crippen molar-refractivity contribution in [1.29, 1.82) is 0 Å². The first-order valence-electron chi connectivity index (χ1n) is 8.40. The van der Waals surface area contributed by atoms with Crippen LogP contribution in [-0.2, 0) is 0 Å². The Bertz CT molecular complexity index is 311. The maximum absolute atomic E-state index is 3.92. The van der Waals surface area contributed by atoms with E-state index in [1.165, 1.54) is 45.1 Å². The van der Waals surface area contributed by atoms with E-state index < -0.39 is 0 Å². The average Bonchev–Trinajstić information content (AvgIpc) is 2.71. The Kier molecular flexibility index (Phi) is 3.68. The summed E-state index contributed by atoms with van der Waals surface area (Å²) in [6, 6.07) is 2.55. The van der Waals surface area contributed by atoms with E-state index >= 15 is 0 Å². The molecule has 2 heterocycles. The van der Waals surface area contributed by atoms with Gasteiger partial charge in [0.2, 0.25) is 0 Å². The lowest BCUT2D eigenvalue weighted by molar-refractivity contribution is 0.130. The molecule has 0 spiro atoms. The standard InChI is InChI=1S/C17H32N2/c1-12-9-17(2,3)10-16(12)18-11-13-7-14-5-6-15(8-13)19(14)4/h12-16,18H,5-11H2,1-4H3. The summed E-state index contributed by atoms with van der Waals surface area (Å²) in [7, 11) is 2.34. The van der Waals surface area contributed by atoms with Crippen LogP contribution in [0.3, 0.4) is 0 Å². The number of nitrogens with zero attached hydrogens (tertiary/aromatic N) is 1. The van der Waals surface area contributed by atoms with Crippen LogP contribution in [0.5, 0.6) is 0 Å². The molecule has 3 aliphatic rings. The fraction of sp³-hybridized carbons (Fsp3) is 1.00. The van der Waals surface area contributed by atoms with Crippen LogP contribution < -0.4 is 5.32 Å². The summed E-state index contributed by atoms with van der Waals surface area (Å²) in [5, 5.41) is 3.92. The molecule has 2 heteroatoms. The van der Waals surface area contributed by atoms with Gasteiger partial charge in [0.15, 0.2) is 0 Å². The third kappa shape index (κ3) is 2.85. The molecule has 3 rings (SSSR count). The number of piperidine rings is 1. The number of nitrogens with one attached hydrogen (secondary N) is 1. The Morgan fingerprint density at radius 3 is 2.26 bits per heavy atom. The van der Waals surface area contributed by atoms with Crippen LogP contribution in [0.4, 0.5) is 0 Å². The molecule has 1 aliphatic carbocycles. The molecule has 110 valence electrons. The third-order valence-corrected chi connectivity index (χ3v) is 6.20. The van der Waals surface area contributed by atoms with Gasteiger partial charge in [0.25, 0.3) is 0 Å². The van der Waals surface area contributed by atoms with Gasteiger partial charge < -0.3 is 10.2 Å². The number of rotatable bonds is 3. The summed E-state index contributed by atoms with van der Waals surface area (Å²) < 4.78 is 0. The van der Waals surface area contributed by atoms with Crippen molar-refractivity contribution in [3.05, 3.63) is 0 Å². The van der Waals surface area contributed by atoms with Gasteiger partial charge in [-0.3, -0.25) is 0 Å². The minimum atomic E-state index is 0.558. The number of fused-ring (bicyclic) bond motifs is 2. The van der Waals surface area contributed by atoms with E-state index in [4.69, 9.17) is 0 Å². The fourth-order valence-electron chi connectivity index (χ4n) is 5.18. The Labute approximate surface area is 119 Å². The highest BCUT2D eigenvalue weighted by Crippen LogP contribution is 2.41. The van der Waals surface area contributed by atoms with Crippen LogP contribution in [0.2, 0.25) is 0 Å². The Morgan fingerprint density at radius 2 is 1.74 bits per heavy atom. The van der Waals surface area contributed by atoms with Gasteiger partial charge in [-0.15, -0.1) is 0 Å². The molecule has 0 aromatic carbocycles. The van der Waals surface area contributed by atoms with Crippen molar-refractivity contribution in [3.8, 4) is 0 Å². The van der Waals surface area contributed by atoms with Crippen LogP contribution >= 0.6 is 0 Å². The molecular formula is C17H32N2. The number of hydrogen-bond acceptors (Lipinski definition) is 2. The molecule has 1 N–H and O–H groups in total. The van der Waals surface area contributed by atoms with Gasteiger partial charge in [-0.25, -0.2) is 0 Å². The first-order chi connectivity index (χ1) is 8.94. The minimum Gasteiger partial charge on any atom is -0.313 e. The van der Waals surface area contributed by atoms with Gasteiger partial charge >= 0.3 is 0 Å². The zero-order chi connectivity index (χ0) is 13.6. The molecule has 2 aliphatic heterocycles. The normalized spacial score (nSPS) is 45.8. The van der Waals surface area contributed by atoms with E-state index in [2.05, 4.69) is 38.0 Å². The highest BCUT2D eigenvalue weighted by molar-refractivity contribution is 4.96. The zero-order valence-electron chi connectivity index (χ0n) is 13.3. The van der Waals surface area contributed by atoms with E-state index in [9.17, 15) is 0 Å². The molecule has 2 nitrogen and oxygen atoms in total. The summed E-state index contributed by atoms with van der Waals surface area (Å²) >= 11 is 0. The topological polar surface area (TPSA) is 15.3 Å². The highest BCUT2D eigenvalue weighted by Gasteiger charge is 2.40. The van der Waals surface area contributed by atoms with E-state index in [-0.39, 0.29) is 0 Å². The second-order valence-corrected chi connectivity index (χ2v) is 8.45. The summed E-state index contributed by atoms with van der Waals surface area (Å²) in [5.74, 6) is 1.79. The van der Waals surface area contributed by atoms with Crippen molar-refractivity contribution in [1.82, 2.24) is 10.2 Å². The minimum absolute atomic E-state index is 0.558. The predicted molar refractivity (Wildman–Crippen MR) is 81.3 cm³/mol. The Morgan fingerprint density at radius 1 is 1.11 bits per heavy atom. The van der Waals surface area contributed by atoms with Gasteiger partial charge in [-0.05, 0) is 69.4 Å². The van der Waals surface area contributed by atoms with Crippen LogP contribution in [0.25, 0.3) is 0 Å². The Hall–Kier alpha value is -0.0800. The second-order valence-electron chi connectivity index (χ2n) is 8.45. The van der Waals surface area contributed by atoms with Gasteiger partial charge in [0.05, 0.1) is 0 Å². The summed E-state index contributed by atoms with van der Waals surface area (Å²) in [6.45, 7) is 8.57. The Balaban J connectivity index is 1.49. The maximum Gasteiger partial charge on any atom is 0.00988 e. The van der Waals surface area contributed by atoms with Crippen molar-refractivity contribution in [2.45, 2.75) is 77.4 Å².